The molecule has 17 heavy (non-hydrogen) atoms. The molecule has 0 spiro atoms. The van der Waals surface area contributed by atoms with Gasteiger partial charge >= 0.3 is 0 Å². The summed E-state index contributed by atoms with van der Waals surface area (Å²) >= 11 is 4.88. The van der Waals surface area contributed by atoms with Crippen molar-refractivity contribution >= 4 is 33.2 Å². The van der Waals surface area contributed by atoms with Crippen molar-refractivity contribution in [1.29, 1.82) is 0 Å². The van der Waals surface area contributed by atoms with Crippen LogP contribution in [0.1, 0.15) is 28.3 Å². The van der Waals surface area contributed by atoms with E-state index in [1.807, 2.05) is 24.4 Å². The van der Waals surface area contributed by atoms with Gasteiger partial charge in [0.05, 0.1) is 6.04 Å². The maximum atomic E-state index is 11.9. The van der Waals surface area contributed by atoms with Crippen molar-refractivity contribution in [3.05, 3.63) is 50.9 Å². The zero-order chi connectivity index (χ0) is 12.3. The minimum Gasteiger partial charge on any atom is -0.343 e. The molecule has 0 fully saturated rings. The third-order valence-corrected chi connectivity index (χ3v) is 3.71. The van der Waals surface area contributed by atoms with Gasteiger partial charge in [0.25, 0.3) is 5.91 Å². The zero-order valence-corrected chi connectivity index (χ0v) is 11.6. The van der Waals surface area contributed by atoms with Crippen LogP contribution in [0.5, 0.6) is 0 Å². The maximum absolute atomic E-state index is 11.9. The number of amides is 1. The first kappa shape index (κ1) is 12.3. The molecule has 1 aromatic carbocycles. The summed E-state index contributed by atoms with van der Waals surface area (Å²) in [6.07, 6.45) is 1.74. The van der Waals surface area contributed by atoms with Gasteiger partial charge in [0.15, 0.2) is 0 Å². The van der Waals surface area contributed by atoms with Gasteiger partial charge in [-0.3, -0.25) is 4.79 Å². The summed E-state index contributed by atoms with van der Waals surface area (Å²) in [5.41, 5.74) is 0.641. The van der Waals surface area contributed by atoms with Crippen LogP contribution in [-0.2, 0) is 0 Å². The third-order valence-electron chi connectivity index (χ3n) is 2.26. The van der Waals surface area contributed by atoms with E-state index in [0.717, 1.165) is 9.48 Å². The van der Waals surface area contributed by atoms with Crippen molar-refractivity contribution in [3.8, 4) is 0 Å². The van der Waals surface area contributed by atoms with Crippen LogP contribution in [-0.4, -0.2) is 10.9 Å². The second kappa shape index (κ2) is 5.42. The Balaban J connectivity index is 2.07. The Labute approximate surface area is 112 Å². The lowest BCUT2D eigenvalue weighted by molar-refractivity contribution is 0.0940. The summed E-state index contributed by atoms with van der Waals surface area (Å²) in [6, 6.07) is 7.24. The van der Waals surface area contributed by atoms with E-state index in [4.69, 9.17) is 0 Å². The number of nitrogens with one attached hydrogen (secondary N) is 1. The number of hydrogen-bond donors (Lipinski definition) is 1. The van der Waals surface area contributed by atoms with E-state index in [0.29, 0.717) is 5.56 Å². The third kappa shape index (κ3) is 3.14. The topological polar surface area (TPSA) is 42.0 Å². The Morgan fingerprint density at radius 2 is 2.35 bits per heavy atom. The summed E-state index contributed by atoms with van der Waals surface area (Å²) in [5, 5.41) is 5.72. The van der Waals surface area contributed by atoms with Crippen LogP contribution in [0, 0.1) is 0 Å². The average molecular weight is 311 g/mol. The maximum Gasteiger partial charge on any atom is 0.251 e. The van der Waals surface area contributed by atoms with Crippen LogP contribution in [0.3, 0.4) is 0 Å². The number of nitrogens with zero attached hydrogens (tertiary/aromatic N) is 1. The smallest absolute Gasteiger partial charge is 0.251 e. The van der Waals surface area contributed by atoms with E-state index in [-0.39, 0.29) is 11.9 Å². The fraction of sp³-hybridized carbons (Fsp3) is 0.167. The van der Waals surface area contributed by atoms with Crippen LogP contribution in [0.2, 0.25) is 0 Å². The number of benzene rings is 1. The molecule has 0 bridgehead atoms. The second-order valence-electron chi connectivity index (χ2n) is 3.58. The van der Waals surface area contributed by atoms with Crippen molar-refractivity contribution in [2.75, 3.05) is 0 Å². The molecule has 88 valence electrons. The van der Waals surface area contributed by atoms with Crippen LogP contribution in [0.15, 0.2) is 40.3 Å². The van der Waals surface area contributed by atoms with Crippen molar-refractivity contribution in [2.24, 2.45) is 0 Å². The number of carbonyl (C=O) groups excluding carboxylic acids is 1. The SMILES string of the molecule is CC(NC(=O)c1cccc(Br)c1)c1nccs1. The minimum absolute atomic E-state index is 0.0681. The largest absolute Gasteiger partial charge is 0.343 e. The molecule has 1 N–H and O–H groups in total. The van der Waals surface area contributed by atoms with Crippen molar-refractivity contribution in [2.45, 2.75) is 13.0 Å². The van der Waals surface area contributed by atoms with Gasteiger partial charge in [0, 0.05) is 21.6 Å². The van der Waals surface area contributed by atoms with Gasteiger partial charge in [-0.25, -0.2) is 4.98 Å². The predicted octanol–water partition coefficient (Wildman–Crippen LogP) is 3.40. The summed E-state index contributed by atoms with van der Waals surface area (Å²) in [5.74, 6) is -0.0889. The number of rotatable bonds is 3. The van der Waals surface area contributed by atoms with Crippen molar-refractivity contribution in [3.63, 3.8) is 0 Å². The fourth-order valence-electron chi connectivity index (χ4n) is 1.42. The monoisotopic (exact) mass is 310 g/mol. The Morgan fingerprint density at radius 3 is 3.00 bits per heavy atom. The molecule has 0 radical (unpaired) electrons. The van der Waals surface area contributed by atoms with Crippen LogP contribution in [0.25, 0.3) is 0 Å². The number of thiazole rings is 1. The lowest BCUT2D eigenvalue weighted by Crippen LogP contribution is -2.26. The molecule has 1 heterocycles. The molecule has 0 aliphatic carbocycles. The van der Waals surface area contributed by atoms with E-state index in [1.165, 1.54) is 11.3 Å². The molecule has 3 nitrogen and oxygen atoms in total. The van der Waals surface area contributed by atoms with Gasteiger partial charge in [-0.15, -0.1) is 11.3 Å². The summed E-state index contributed by atoms with van der Waals surface area (Å²) in [6.45, 7) is 1.93. The van der Waals surface area contributed by atoms with Gasteiger partial charge in [-0.1, -0.05) is 22.0 Å². The molecule has 0 saturated heterocycles. The Hall–Kier alpha value is -1.20. The number of aromatic nitrogens is 1. The first-order chi connectivity index (χ1) is 8.16. The molecule has 2 aromatic rings. The van der Waals surface area contributed by atoms with Crippen molar-refractivity contribution in [1.82, 2.24) is 10.3 Å². The standard InChI is InChI=1S/C12H11BrN2OS/c1-8(12-14-5-6-17-12)15-11(16)9-3-2-4-10(13)7-9/h2-8H,1H3,(H,15,16). The summed E-state index contributed by atoms with van der Waals surface area (Å²) in [7, 11) is 0. The van der Waals surface area contributed by atoms with E-state index in [9.17, 15) is 4.79 Å². The molecule has 0 aliphatic rings. The molecule has 0 saturated carbocycles. The lowest BCUT2D eigenvalue weighted by Gasteiger charge is -2.11. The average Bonchev–Trinajstić information content (AvgIpc) is 2.82. The first-order valence-corrected chi connectivity index (χ1v) is 6.80. The zero-order valence-electron chi connectivity index (χ0n) is 9.18. The van der Waals surface area contributed by atoms with Crippen LogP contribution < -0.4 is 5.32 Å². The highest BCUT2D eigenvalue weighted by Crippen LogP contribution is 2.16. The van der Waals surface area contributed by atoms with E-state index < -0.39 is 0 Å². The molecule has 5 heteroatoms. The van der Waals surface area contributed by atoms with Gasteiger partial charge in [-0.2, -0.15) is 0 Å². The lowest BCUT2D eigenvalue weighted by atomic mass is 10.2. The highest BCUT2D eigenvalue weighted by Gasteiger charge is 2.13. The summed E-state index contributed by atoms with van der Waals surface area (Å²) in [4.78, 5) is 16.1. The Kier molecular flexibility index (Phi) is 3.91. The van der Waals surface area contributed by atoms with Gasteiger partial charge in [0.2, 0.25) is 0 Å². The molecule has 2 rings (SSSR count). The molecule has 1 aromatic heterocycles. The quantitative estimate of drug-likeness (QED) is 0.944. The first-order valence-electron chi connectivity index (χ1n) is 5.12. The molecular formula is C12H11BrN2OS. The highest BCUT2D eigenvalue weighted by molar-refractivity contribution is 9.10. The van der Waals surface area contributed by atoms with E-state index in [1.54, 1.807) is 18.3 Å². The van der Waals surface area contributed by atoms with E-state index in [2.05, 4.69) is 26.2 Å². The highest BCUT2D eigenvalue weighted by atomic mass is 79.9. The molecule has 0 aliphatic heterocycles. The number of carbonyl (C=O) groups is 1. The Bertz CT molecular complexity index is 513. The normalized spacial score (nSPS) is 12.1. The summed E-state index contributed by atoms with van der Waals surface area (Å²) < 4.78 is 0.895. The molecule has 1 unspecified atom stereocenters. The number of hydrogen-bond acceptors (Lipinski definition) is 3. The van der Waals surface area contributed by atoms with Gasteiger partial charge < -0.3 is 5.32 Å². The number of halogens is 1. The van der Waals surface area contributed by atoms with E-state index >= 15 is 0 Å². The molecule has 1 amide bonds. The molecule has 1 atom stereocenters. The minimum atomic E-state index is -0.0889. The molecular weight excluding hydrogens is 300 g/mol. The fourth-order valence-corrected chi connectivity index (χ4v) is 2.46. The van der Waals surface area contributed by atoms with Crippen LogP contribution >= 0.6 is 27.3 Å². The Morgan fingerprint density at radius 1 is 1.53 bits per heavy atom. The predicted molar refractivity (Wildman–Crippen MR) is 72.1 cm³/mol. The van der Waals surface area contributed by atoms with Gasteiger partial charge in [-0.05, 0) is 25.1 Å². The van der Waals surface area contributed by atoms with Crippen molar-refractivity contribution < 1.29 is 4.79 Å². The van der Waals surface area contributed by atoms with Gasteiger partial charge in [0.1, 0.15) is 5.01 Å². The van der Waals surface area contributed by atoms with Crippen LogP contribution in [0.4, 0.5) is 0 Å². The second-order valence-corrected chi connectivity index (χ2v) is 5.42.